The number of carbonyl (C=O) groups is 2. The smallest absolute Gasteiger partial charge is 0.339 e. The number of piperazine rings is 1. The Morgan fingerprint density at radius 3 is 2.48 bits per heavy atom. The number of H-pyrrole nitrogens is 1. The van der Waals surface area contributed by atoms with Crippen molar-refractivity contribution in [2.24, 2.45) is 0 Å². The maximum absolute atomic E-state index is 12.8. The lowest BCUT2D eigenvalue weighted by Crippen LogP contribution is -2.47. The first kappa shape index (κ1) is 22.9. The van der Waals surface area contributed by atoms with E-state index in [1.165, 1.54) is 12.8 Å². The topological polar surface area (TPSA) is 77.7 Å². The zero-order valence-corrected chi connectivity index (χ0v) is 18.9. The van der Waals surface area contributed by atoms with Crippen LogP contribution in [-0.2, 0) is 11.2 Å². The first-order valence-corrected chi connectivity index (χ1v) is 11.2. The molecule has 1 fully saturated rings. The van der Waals surface area contributed by atoms with Gasteiger partial charge in [-0.3, -0.25) is 9.69 Å². The van der Waals surface area contributed by atoms with Gasteiger partial charge in [-0.05, 0) is 44.0 Å². The molecule has 1 aliphatic rings. The number of benzene rings is 1. The highest BCUT2D eigenvalue weighted by molar-refractivity contribution is 6.00. The number of amides is 1. The molecule has 0 unspecified atom stereocenters. The summed E-state index contributed by atoms with van der Waals surface area (Å²) >= 11 is 0. The summed E-state index contributed by atoms with van der Waals surface area (Å²) in [5.74, 6) is -0.554. The molecule has 0 spiro atoms. The Hall–Kier alpha value is -2.80. The molecule has 0 radical (unpaired) electrons. The summed E-state index contributed by atoms with van der Waals surface area (Å²) in [5.41, 5.74) is 3.69. The van der Waals surface area contributed by atoms with E-state index < -0.39 is 5.97 Å². The van der Waals surface area contributed by atoms with Gasteiger partial charge in [0, 0.05) is 44.1 Å². The Morgan fingerprint density at radius 2 is 1.84 bits per heavy atom. The van der Waals surface area contributed by atoms with Crippen LogP contribution in [0.1, 0.15) is 51.9 Å². The highest BCUT2D eigenvalue weighted by Crippen LogP contribution is 2.22. The van der Waals surface area contributed by atoms with Crippen molar-refractivity contribution in [1.29, 1.82) is 0 Å². The molecule has 0 aliphatic carbocycles. The van der Waals surface area contributed by atoms with Gasteiger partial charge >= 0.3 is 5.97 Å². The molecular weight excluding hydrogens is 392 g/mol. The third-order valence-corrected chi connectivity index (χ3v) is 5.84. The number of aryl methyl sites for hydroxylation is 1. The van der Waals surface area contributed by atoms with Crippen molar-refractivity contribution in [3.63, 3.8) is 0 Å². The van der Waals surface area contributed by atoms with Gasteiger partial charge in [-0.25, -0.2) is 4.79 Å². The lowest BCUT2D eigenvalue weighted by Gasteiger charge is -2.36. The first-order valence-electron chi connectivity index (χ1n) is 11.2. The van der Waals surface area contributed by atoms with Crippen molar-refractivity contribution in [2.45, 2.75) is 33.1 Å². The summed E-state index contributed by atoms with van der Waals surface area (Å²) in [5, 5.41) is 3.01. The number of carbonyl (C=O) groups excluding carboxylic acids is 2. The average Bonchev–Trinajstić information content (AvgIpc) is 3.13. The molecule has 7 nitrogen and oxygen atoms in total. The summed E-state index contributed by atoms with van der Waals surface area (Å²) in [7, 11) is 1.36. The van der Waals surface area contributed by atoms with E-state index in [0.717, 1.165) is 51.1 Å². The number of esters is 1. The molecule has 0 atom stereocenters. The zero-order valence-electron chi connectivity index (χ0n) is 18.9. The van der Waals surface area contributed by atoms with E-state index in [1.807, 2.05) is 13.0 Å². The Balaban J connectivity index is 1.46. The quantitative estimate of drug-likeness (QED) is 0.476. The van der Waals surface area contributed by atoms with Gasteiger partial charge in [0.2, 0.25) is 0 Å². The van der Waals surface area contributed by atoms with Crippen molar-refractivity contribution in [1.82, 2.24) is 15.2 Å². The van der Waals surface area contributed by atoms with Crippen LogP contribution in [0.25, 0.3) is 0 Å². The van der Waals surface area contributed by atoms with Gasteiger partial charge in [-0.1, -0.05) is 31.5 Å². The monoisotopic (exact) mass is 426 g/mol. The predicted octanol–water partition coefficient (Wildman–Crippen LogP) is 3.00. The van der Waals surface area contributed by atoms with Gasteiger partial charge in [0.25, 0.3) is 5.91 Å². The third kappa shape index (κ3) is 5.67. The number of methoxy groups -OCH3 is 1. The van der Waals surface area contributed by atoms with Gasteiger partial charge in [-0.15, -0.1) is 0 Å². The molecule has 2 aromatic rings. The highest BCUT2D eigenvalue weighted by Gasteiger charge is 2.24. The average molecular weight is 427 g/mol. The minimum atomic E-state index is -0.397. The van der Waals surface area contributed by atoms with E-state index in [-0.39, 0.29) is 5.91 Å². The molecule has 2 N–H and O–H groups in total. The summed E-state index contributed by atoms with van der Waals surface area (Å²) in [6.07, 6.45) is 2.39. The molecule has 31 heavy (non-hydrogen) atoms. The molecular formula is C24H34N4O3. The summed E-state index contributed by atoms with van der Waals surface area (Å²) < 4.78 is 4.90. The van der Waals surface area contributed by atoms with Crippen LogP contribution < -0.4 is 10.2 Å². The van der Waals surface area contributed by atoms with Crippen LogP contribution in [0, 0.1) is 6.92 Å². The second-order valence-electron chi connectivity index (χ2n) is 7.99. The van der Waals surface area contributed by atoms with E-state index in [4.69, 9.17) is 4.74 Å². The predicted molar refractivity (Wildman–Crippen MR) is 123 cm³/mol. The van der Waals surface area contributed by atoms with Gasteiger partial charge in [-0.2, -0.15) is 0 Å². The fourth-order valence-electron chi connectivity index (χ4n) is 4.21. The molecule has 1 amide bonds. The van der Waals surface area contributed by atoms with Crippen molar-refractivity contribution in [3.05, 3.63) is 52.8 Å². The first-order chi connectivity index (χ1) is 15.0. The largest absolute Gasteiger partial charge is 0.465 e. The third-order valence-electron chi connectivity index (χ3n) is 5.84. The standard InChI is InChI=1S/C24H34N4O3/c1-4-9-20-21(24(30)31-3)18(2)26-22(20)23(29)25-12-8-13-27-14-16-28(17-15-27)19-10-6-5-7-11-19/h5-7,10-11,26H,4,8-9,12-17H2,1-3H3,(H,25,29). The minimum Gasteiger partial charge on any atom is -0.465 e. The number of para-hydroxylation sites is 1. The molecule has 0 saturated carbocycles. The second kappa shape index (κ2) is 11.0. The summed E-state index contributed by atoms with van der Waals surface area (Å²) in [6, 6.07) is 10.5. The Morgan fingerprint density at radius 1 is 1.13 bits per heavy atom. The van der Waals surface area contributed by atoms with Crippen LogP contribution in [0.15, 0.2) is 30.3 Å². The number of nitrogens with one attached hydrogen (secondary N) is 2. The molecule has 3 rings (SSSR count). The van der Waals surface area contributed by atoms with Gasteiger partial charge < -0.3 is 19.9 Å². The van der Waals surface area contributed by atoms with Crippen LogP contribution in [0.4, 0.5) is 5.69 Å². The van der Waals surface area contributed by atoms with Crippen molar-refractivity contribution in [2.75, 3.05) is 51.3 Å². The molecule has 168 valence electrons. The zero-order chi connectivity index (χ0) is 22.2. The van der Waals surface area contributed by atoms with E-state index in [1.54, 1.807) is 6.92 Å². The normalized spacial score (nSPS) is 14.5. The SMILES string of the molecule is CCCc1c(C(=O)NCCCN2CCN(c3ccccc3)CC2)[nH]c(C)c1C(=O)OC. The Bertz CT molecular complexity index is 870. The van der Waals surface area contributed by atoms with Crippen molar-refractivity contribution < 1.29 is 14.3 Å². The Labute approximate surface area is 184 Å². The maximum atomic E-state index is 12.8. The lowest BCUT2D eigenvalue weighted by molar-refractivity contribution is 0.0599. The molecule has 1 saturated heterocycles. The lowest BCUT2D eigenvalue weighted by atomic mass is 10.0. The Kier molecular flexibility index (Phi) is 8.12. The van der Waals surface area contributed by atoms with Crippen LogP contribution in [0.5, 0.6) is 0 Å². The number of aromatic nitrogens is 1. The van der Waals surface area contributed by atoms with Gasteiger partial charge in [0.05, 0.1) is 12.7 Å². The molecule has 7 heteroatoms. The molecule has 2 heterocycles. The maximum Gasteiger partial charge on any atom is 0.339 e. The summed E-state index contributed by atoms with van der Waals surface area (Å²) in [4.78, 5) is 32.8. The van der Waals surface area contributed by atoms with E-state index in [2.05, 4.69) is 44.4 Å². The van der Waals surface area contributed by atoms with E-state index in [9.17, 15) is 9.59 Å². The van der Waals surface area contributed by atoms with E-state index in [0.29, 0.717) is 29.9 Å². The fourth-order valence-corrected chi connectivity index (χ4v) is 4.21. The van der Waals surface area contributed by atoms with Crippen molar-refractivity contribution >= 4 is 17.6 Å². The number of ether oxygens (including phenoxy) is 1. The number of aromatic amines is 1. The van der Waals surface area contributed by atoms with Gasteiger partial charge in [0.15, 0.2) is 0 Å². The molecule has 0 bridgehead atoms. The van der Waals surface area contributed by atoms with Gasteiger partial charge in [0.1, 0.15) is 5.69 Å². The van der Waals surface area contributed by atoms with E-state index >= 15 is 0 Å². The fraction of sp³-hybridized carbons (Fsp3) is 0.500. The van der Waals surface area contributed by atoms with Crippen LogP contribution in [0.2, 0.25) is 0 Å². The number of nitrogens with zero attached hydrogens (tertiary/aromatic N) is 2. The summed E-state index contributed by atoms with van der Waals surface area (Å²) in [6.45, 7) is 9.50. The van der Waals surface area contributed by atoms with Crippen LogP contribution in [0.3, 0.4) is 0 Å². The van der Waals surface area contributed by atoms with Crippen LogP contribution >= 0.6 is 0 Å². The minimum absolute atomic E-state index is 0.157. The number of hydrogen-bond acceptors (Lipinski definition) is 5. The number of anilines is 1. The number of rotatable bonds is 9. The molecule has 1 aliphatic heterocycles. The van der Waals surface area contributed by atoms with Crippen molar-refractivity contribution in [3.8, 4) is 0 Å². The molecule has 1 aromatic carbocycles. The highest BCUT2D eigenvalue weighted by atomic mass is 16.5. The second-order valence-corrected chi connectivity index (χ2v) is 7.99. The molecule has 1 aromatic heterocycles. The number of hydrogen-bond donors (Lipinski definition) is 2. The van der Waals surface area contributed by atoms with Crippen LogP contribution in [-0.4, -0.2) is 68.1 Å².